The molecule has 88 valence electrons. The predicted molar refractivity (Wildman–Crippen MR) is 66.2 cm³/mol. The smallest absolute Gasteiger partial charge is 0.230 e. The summed E-state index contributed by atoms with van der Waals surface area (Å²) in [6.07, 6.45) is 0.376. The first-order valence-corrected chi connectivity index (χ1v) is 6.10. The standard InChI is InChI=1S/C11H11N3O2S/c12-6-3-10(16)14(5-6)11-13-8-2-1-7(15)4-9(8)17-11/h1-2,4,6,15H,3,5,12H2. The summed E-state index contributed by atoms with van der Waals surface area (Å²) in [5.74, 6) is 0.220. The third-order valence-corrected chi connectivity index (χ3v) is 3.79. The van der Waals surface area contributed by atoms with Crippen LogP contribution in [-0.4, -0.2) is 28.6 Å². The van der Waals surface area contributed by atoms with Crippen molar-refractivity contribution in [2.45, 2.75) is 12.5 Å². The number of rotatable bonds is 1. The summed E-state index contributed by atoms with van der Waals surface area (Å²) >= 11 is 1.39. The summed E-state index contributed by atoms with van der Waals surface area (Å²) in [6.45, 7) is 0.518. The summed E-state index contributed by atoms with van der Waals surface area (Å²) in [7, 11) is 0. The van der Waals surface area contributed by atoms with Gasteiger partial charge in [-0.2, -0.15) is 0 Å². The number of hydrogen-bond acceptors (Lipinski definition) is 5. The van der Waals surface area contributed by atoms with Crippen molar-refractivity contribution in [3.8, 4) is 5.75 Å². The van der Waals surface area contributed by atoms with Crippen molar-refractivity contribution in [2.75, 3.05) is 11.4 Å². The van der Waals surface area contributed by atoms with Gasteiger partial charge in [-0.05, 0) is 18.2 Å². The Kier molecular flexibility index (Phi) is 2.27. The van der Waals surface area contributed by atoms with Crippen LogP contribution in [0.5, 0.6) is 5.75 Å². The molecule has 0 saturated carbocycles. The molecule has 17 heavy (non-hydrogen) atoms. The van der Waals surface area contributed by atoms with Crippen LogP contribution >= 0.6 is 11.3 Å². The van der Waals surface area contributed by atoms with E-state index >= 15 is 0 Å². The van der Waals surface area contributed by atoms with E-state index in [-0.39, 0.29) is 17.7 Å². The molecule has 1 aliphatic heterocycles. The van der Waals surface area contributed by atoms with Crippen LogP contribution in [0, 0.1) is 0 Å². The van der Waals surface area contributed by atoms with Crippen LogP contribution in [0.2, 0.25) is 0 Å². The van der Waals surface area contributed by atoms with Crippen molar-refractivity contribution in [3.05, 3.63) is 18.2 Å². The summed E-state index contributed by atoms with van der Waals surface area (Å²) < 4.78 is 0.869. The van der Waals surface area contributed by atoms with Crippen LogP contribution in [0.1, 0.15) is 6.42 Å². The molecule has 1 aliphatic rings. The molecule has 1 aromatic carbocycles. The van der Waals surface area contributed by atoms with Crippen molar-refractivity contribution in [1.29, 1.82) is 0 Å². The number of amides is 1. The number of benzene rings is 1. The number of phenols is 1. The predicted octanol–water partition coefficient (Wildman–Crippen LogP) is 1.07. The summed E-state index contributed by atoms with van der Waals surface area (Å²) in [4.78, 5) is 17.7. The van der Waals surface area contributed by atoms with Gasteiger partial charge in [-0.1, -0.05) is 11.3 Å². The van der Waals surface area contributed by atoms with E-state index in [2.05, 4.69) is 4.98 Å². The summed E-state index contributed by atoms with van der Waals surface area (Å²) in [6, 6.07) is 4.87. The number of carbonyl (C=O) groups excluding carboxylic acids is 1. The van der Waals surface area contributed by atoms with Gasteiger partial charge in [0.1, 0.15) is 5.75 Å². The van der Waals surface area contributed by atoms with Crippen molar-refractivity contribution in [1.82, 2.24) is 4.98 Å². The molecule has 3 rings (SSSR count). The monoisotopic (exact) mass is 249 g/mol. The van der Waals surface area contributed by atoms with E-state index in [9.17, 15) is 9.90 Å². The lowest BCUT2D eigenvalue weighted by Gasteiger charge is -2.10. The minimum atomic E-state index is -0.108. The average Bonchev–Trinajstić information content (AvgIpc) is 2.80. The Morgan fingerprint density at radius 2 is 2.35 bits per heavy atom. The van der Waals surface area contributed by atoms with E-state index in [0.717, 1.165) is 10.2 Å². The van der Waals surface area contributed by atoms with Crippen LogP contribution in [0.3, 0.4) is 0 Å². The van der Waals surface area contributed by atoms with E-state index in [4.69, 9.17) is 5.73 Å². The van der Waals surface area contributed by atoms with Gasteiger partial charge in [0.15, 0.2) is 5.13 Å². The molecule has 1 atom stereocenters. The molecule has 2 heterocycles. The SMILES string of the molecule is NC1CC(=O)N(c2nc3ccc(O)cc3s2)C1. The van der Waals surface area contributed by atoms with E-state index in [1.54, 1.807) is 23.1 Å². The van der Waals surface area contributed by atoms with Gasteiger partial charge in [-0.3, -0.25) is 9.69 Å². The lowest BCUT2D eigenvalue weighted by Crippen LogP contribution is -2.27. The highest BCUT2D eigenvalue weighted by molar-refractivity contribution is 7.22. The highest BCUT2D eigenvalue weighted by atomic mass is 32.1. The molecular weight excluding hydrogens is 238 g/mol. The van der Waals surface area contributed by atoms with Crippen LogP contribution in [0.15, 0.2) is 18.2 Å². The first kappa shape index (κ1) is 10.5. The number of aromatic nitrogens is 1. The molecule has 0 spiro atoms. The Balaban J connectivity index is 2.03. The maximum Gasteiger partial charge on any atom is 0.230 e. The number of thiazole rings is 1. The fourth-order valence-electron chi connectivity index (χ4n) is 1.94. The molecule has 2 aromatic rings. The number of nitrogens with zero attached hydrogens (tertiary/aromatic N) is 2. The molecule has 3 N–H and O–H groups in total. The maximum atomic E-state index is 11.7. The molecule has 0 aliphatic carbocycles. The van der Waals surface area contributed by atoms with Gasteiger partial charge in [0.2, 0.25) is 5.91 Å². The molecular formula is C11H11N3O2S. The van der Waals surface area contributed by atoms with Gasteiger partial charge in [-0.15, -0.1) is 0 Å². The second-order valence-electron chi connectivity index (χ2n) is 4.12. The Morgan fingerprint density at radius 1 is 1.53 bits per heavy atom. The largest absolute Gasteiger partial charge is 0.508 e. The zero-order valence-electron chi connectivity index (χ0n) is 8.96. The van der Waals surface area contributed by atoms with Gasteiger partial charge in [0.05, 0.1) is 10.2 Å². The molecule has 1 aromatic heterocycles. The third-order valence-electron chi connectivity index (χ3n) is 2.75. The minimum absolute atomic E-state index is 0.0146. The lowest BCUT2D eigenvalue weighted by atomic mass is 10.3. The molecule has 0 radical (unpaired) electrons. The van der Waals surface area contributed by atoms with Crippen molar-refractivity contribution in [2.24, 2.45) is 5.73 Å². The zero-order valence-corrected chi connectivity index (χ0v) is 9.78. The normalized spacial score (nSPS) is 20.4. The molecule has 1 fully saturated rings. The second-order valence-corrected chi connectivity index (χ2v) is 5.13. The van der Waals surface area contributed by atoms with E-state index in [1.807, 2.05) is 0 Å². The fourth-order valence-corrected chi connectivity index (χ4v) is 2.96. The second kappa shape index (κ2) is 3.68. The van der Waals surface area contributed by atoms with E-state index in [0.29, 0.717) is 18.1 Å². The van der Waals surface area contributed by atoms with Gasteiger partial charge < -0.3 is 10.8 Å². The van der Waals surface area contributed by atoms with Crippen LogP contribution < -0.4 is 10.6 Å². The van der Waals surface area contributed by atoms with Gasteiger partial charge >= 0.3 is 0 Å². The van der Waals surface area contributed by atoms with Crippen LogP contribution in [0.25, 0.3) is 10.2 Å². The number of phenolic OH excluding ortho intramolecular Hbond substituents is 1. The van der Waals surface area contributed by atoms with Crippen LogP contribution in [0.4, 0.5) is 5.13 Å². The fraction of sp³-hybridized carbons (Fsp3) is 0.273. The van der Waals surface area contributed by atoms with Crippen molar-refractivity contribution < 1.29 is 9.90 Å². The van der Waals surface area contributed by atoms with Crippen LogP contribution in [-0.2, 0) is 4.79 Å². The molecule has 0 bridgehead atoms. The first-order chi connectivity index (χ1) is 8.13. The molecule has 1 saturated heterocycles. The van der Waals surface area contributed by atoms with Gasteiger partial charge in [-0.25, -0.2) is 4.98 Å². The molecule has 6 heteroatoms. The number of nitrogens with two attached hydrogens (primary N) is 1. The number of hydrogen-bond donors (Lipinski definition) is 2. The maximum absolute atomic E-state index is 11.7. The topological polar surface area (TPSA) is 79.5 Å². The van der Waals surface area contributed by atoms with Gasteiger partial charge in [0, 0.05) is 19.0 Å². The van der Waals surface area contributed by atoms with Gasteiger partial charge in [0.25, 0.3) is 0 Å². The quantitative estimate of drug-likeness (QED) is 0.792. The molecule has 5 nitrogen and oxygen atoms in total. The summed E-state index contributed by atoms with van der Waals surface area (Å²) in [5, 5.41) is 10.0. The molecule has 1 amide bonds. The Bertz CT molecular complexity index is 595. The Labute approximate surface area is 101 Å². The lowest BCUT2D eigenvalue weighted by molar-refractivity contribution is -0.117. The first-order valence-electron chi connectivity index (χ1n) is 5.29. The number of fused-ring (bicyclic) bond motifs is 1. The van der Waals surface area contributed by atoms with Crippen molar-refractivity contribution in [3.63, 3.8) is 0 Å². The third kappa shape index (κ3) is 1.75. The number of anilines is 1. The van der Waals surface area contributed by atoms with E-state index in [1.165, 1.54) is 11.3 Å². The highest BCUT2D eigenvalue weighted by Gasteiger charge is 2.30. The number of carbonyl (C=O) groups is 1. The Hall–Kier alpha value is -1.66. The van der Waals surface area contributed by atoms with E-state index < -0.39 is 0 Å². The van der Waals surface area contributed by atoms with Crippen molar-refractivity contribution >= 4 is 32.6 Å². The Morgan fingerprint density at radius 3 is 3.06 bits per heavy atom. The minimum Gasteiger partial charge on any atom is -0.508 e. The molecule has 1 unspecified atom stereocenters. The number of aromatic hydroxyl groups is 1. The zero-order chi connectivity index (χ0) is 12.0. The summed E-state index contributed by atoms with van der Waals surface area (Å²) in [5.41, 5.74) is 6.53. The average molecular weight is 249 g/mol. The highest BCUT2D eigenvalue weighted by Crippen LogP contribution is 2.32.